The average Bonchev–Trinajstić information content (AvgIpc) is 3.35. The zero-order valence-corrected chi connectivity index (χ0v) is 30.5. The molecule has 0 bridgehead atoms. The van der Waals surface area contributed by atoms with E-state index in [1.807, 2.05) is 97.9 Å². The fourth-order valence-corrected chi connectivity index (χ4v) is 5.39. The second-order valence-electron chi connectivity index (χ2n) is 13.9. The summed E-state index contributed by atoms with van der Waals surface area (Å²) in [4.78, 5) is 21.0. The number of aryl methyl sites for hydroxylation is 4. The van der Waals surface area contributed by atoms with E-state index in [0.717, 1.165) is 60.4 Å². The number of aliphatic hydroxyl groups is 1. The zero-order chi connectivity index (χ0) is 33.0. The largest absolute Gasteiger partial charge is 0.512 e. The summed E-state index contributed by atoms with van der Waals surface area (Å²) < 4.78 is 21.1. The van der Waals surface area contributed by atoms with Gasteiger partial charge in [0.1, 0.15) is 23.0 Å². The van der Waals surface area contributed by atoms with Gasteiger partial charge in [0, 0.05) is 53.5 Å². The molecule has 0 amide bonds. The van der Waals surface area contributed by atoms with E-state index in [-0.39, 0.29) is 42.9 Å². The van der Waals surface area contributed by atoms with Gasteiger partial charge in [0.25, 0.3) is 0 Å². The third-order valence-corrected chi connectivity index (χ3v) is 8.10. The number of carbonyl (C=O) groups excluding carboxylic acids is 1. The van der Waals surface area contributed by atoms with Crippen molar-refractivity contribution < 1.29 is 38.8 Å². The summed E-state index contributed by atoms with van der Waals surface area (Å²) >= 11 is 0. The second kappa shape index (κ2) is 12.7. The van der Waals surface area contributed by atoms with Crippen LogP contribution in [0.3, 0.4) is 0 Å². The van der Waals surface area contributed by atoms with E-state index in [9.17, 15) is 14.3 Å². The summed E-state index contributed by atoms with van der Waals surface area (Å²) in [6, 6.07) is 19.3. The van der Waals surface area contributed by atoms with Crippen molar-refractivity contribution >= 4 is 49.4 Å². The molecule has 5 nitrogen and oxygen atoms in total. The predicted molar refractivity (Wildman–Crippen MR) is 182 cm³/mol. The van der Waals surface area contributed by atoms with Crippen molar-refractivity contribution in [3.8, 4) is 11.3 Å². The molecule has 6 aromatic rings. The number of para-hydroxylation sites is 1. The molecule has 7 heteroatoms. The summed E-state index contributed by atoms with van der Waals surface area (Å²) in [6.45, 7) is 18.7. The number of benzene rings is 4. The molecule has 1 radical (unpaired) electrons. The van der Waals surface area contributed by atoms with Gasteiger partial charge in [-0.1, -0.05) is 89.7 Å². The summed E-state index contributed by atoms with van der Waals surface area (Å²) in [5.41, 5.74) is 5.47. The van der Waals surface area contributed by atoms with Crippen LogP contribution in [0.5, 0.6) is 0 Å². The minimum Gasteiger partial charge on any atom is -0.512 e. The maximum absolute atomic E-state index is 14.8. The third-order valence-electron chi connectivity index (χ3n) is 8.10. The Labute approximate surface area is 283 Å². The molecule has 0 saturated heterocycles. The molecule has 1 N–H and O–H groups in total. The number of nitrogens with zero attached hydrogens (tertiary/aromatic N) is 2. The molecule has 0 spiro atoms. The van der Waals surface area contributed by atoms with Crippen LogP contribution in [0.2, 0.25) is 0 Å². The first-order valence-corrected chi connectivity index (χ1v) is 15.1. The van der Waals surface area contributed by atoms with E-state index in [2.05, 4.69) is 19.1 Å². The number of rotatable bonds is 2. The number of furan rings is 1. The van der Waals surface area contributed by atoms with Crippen LogP contribution >= 0.6 is 0 Å². The Hall–Kier alpha value is -3.93. The maximum atomic E-state index is 14.8. The number of hydrogen-bond donors (Lipinski definition) is 1. The minimum absolute atomic E-state index is 0. The summed E-state index contributed by atoms with van der Waals surface area (Å²) in [5, 5.41) is 14.4. The smallest absolute Gasteiger partial charge is 0.164 e. The summed E-state index contributed by atoms with van der Waals surface area (Å²) in [5.74, 6) is 0.537. The van der Waals surface area contributed by atoms with Crippen molar-refractivity contribution in [3.63, 3.8) is 0 Å². The van der Waals surface area contributed by atoms with Crippen LogP contribution in [0, 0.1) is 50.4 Å². The van der Waals surface area contributed by atoms with Crippen LogP contribution in [-0.2, 0) is 24.9 Å². The first-order chi connectivity index (χ1) is 21.0. The van der Waals surface area contributed by atoms with Crippen LogP contribution in [-0.4, -0.2) is 20.9 Å². The van der Waals surface area contributed by atoms with Gasteiger partial charge in [-0.2, -0.15) is 0 Å². The Balaban J connectivity index is 0.000000295. The number of fused-ring (bicyclic) bond motifs is 6. The van der Waals surface area contributed by atoms with Gasteiger partial charge in [-0.25, -0.2) is 9.37 Å². The predicted octanol–water partition coefficient (Wildman–Crippen LogP) is 10.6. The van der Waals surface area contributed by atoms with Crippen molar-refractivity contribution in [2.75, 3.05) is 0 Å². The van der Waals surface area contributed by atoms with E-state index in [1.54, 1.807) is 6.92 Å². The van der Waals surface area contributed by atoms with E-state index < -0.39 is 5.41 Å². The fourth-order valence-electron chi connectivity index (χ4n) is 5.39. The quantitative estimate of drug-likeness (QED) is 0.0818. The molecule has 0 atom stereocenters. The number of halogens is 1. The van der Waals surface area contributed by atoms with Crippen LogP contribution < -0.4 is 0 Å². The number of hydrogen-bond acceptors (Lipinski definition) is 5. The normalized spacial score (nSPS) is 12.4. The zero-order valence-electron chi connectivity index (χ0n) is 28.1. The van der Waals surface area contributed by atoms with Gasteiger partial charge in [-0.3, -0.25) is 9.78 Å². The van der Waals surface area contributed by atoms with Gasteiger partial charge < -0.3 is 9.52 Å². The first kappa shape index (κ1) is 34.9. The summed E-state index contributed by atoms with van der Waals surface area (Å²) in [6.07, 6.45) is 1.33. The molecule has 0 aliphatic heterocycles. The molecular weight excluding hydrogens is 756 g/mol. The molecule has 0 aliphatic carbocycles. The van der Waals surface area contributed by atoms with E-state index in [0.29, 0.717) is 17.0 Å². The molecule has 4 aromatic carbocycles. The van der Waals surface area contributed by atoms with E-state index in [4.69, 9.17) is 14.4 Å². The van der Waals surface area contributed by atoms with Gasteiger partial charge in [0.2, 0.25) is 0 Å². The van der Waals surface area contributed by atoms with Crippen molar-refractivity contribution in [3.05, 3.63) is 94.8 Å². The summed E-state index contributed by atoms with van der Waals surface area (Å²) in [7, 11) is 0. The second-order valence-corrected chi connectivity index (χ2v) is 13.9. The van der Waals surface area contributed by atoms with Gasteiger partial charge >= 0.3 is 0 Å². The van der Waals surface area contributed by atoms with E-state index >= 15 is 0 Å². The average molecular weight is 796 g/mol. The minimum atomic E-state index is -0.417. The van der Waals surface area contributed by atoms with Gasteiger partial charge in [0.15, 0.2) is 5.78 Å². The van der Waals surface area contributed by atoms with Crippen LogP contribution in [0.4, 0.5) is 4.39 Å². The Kier molecular flexibility index (Phi) is 9.64. The van der Waals surface area contributed by atoms with Crippen LogP contribution in [0.1, 0.15) is 64.1 Å². The number of aliphatic hydroxyl groups excluding tert-OH is 1. The molecule has 6 rings (SSSR count). The van der Waals surface area contributed by atoms with Crippen molar-refractivity contribution in [2.24, 2.45) is 10.8 Å². The molecule has 2 heterocycles. The van der Waals surface area contributed by atoms with Crippen molar-refractivity contribution in [2.45, 2.75) is 69.2 Å². The first-order valence-electron chi connectivity index (χ1n) is 15.1. The standard InChI is InChI=1S/C28H20FN2O.C11H20O2.Ir/c1-14-9-11-21(28-23(14)19-7-5-6-8-22(19)32-28)26-20-12-10-18-13-15(2)25(29)16(3)24(18)27(20)31-17(4)30-26;1-10(2,3)8(12)7-9(13)11(4,5)6;/h5-10,12-13H,1-4H3;7,12H,1-6H3;/q-1;;/b;8-7-;. The van der Waals surface area contributed by atoms with Crippen LogP contribution in [0.25, 0.3) is 54.9 Å². The van der Waals surface area contributed by atoms with Gasteiger partial charge in [-0.15, -0.1) is 17.7 Å². The molecule has 0 aliphatic rings. The molecule has 0 saturated carbocycles. The number of allylic oxidation sites excluding steroid dienone is 2. The Morgan fingerprint density at radius 1 is 0.891 bits per heavy atom. The Bertz CT molecular complexity index is 2170. The number of carbonyl (C=O) groups is 1. The molecule has 0 fully saturated rings. The van der Waals surface area contributed by atoms with Gasteiger partial charge in [0.05, 0.1) is 11.1 Å². The number of ketones is 1. The Morgan fingerprint density at radius 2 is 1.57 bits per heavy atom. The third kappa shape index (κ3) is 6.49. The SMILES string of the molecule is CC(C)(C)C(=O)/C=C(\O)C(C)(C)C.Cc1nc(-c2[c-]cc(C)c3c2oc2ccccc23)c2ccc3cc(C)c(F)c(C)c3c2n1.[Ir]. The molecule has 46 heavy (non-hydrogen) atoms. The topological polar surface area (TPSA) is 76.2 Å². The fraction of sp³-hybridized carbons (Fsp3) is 0.308. The monoisotopic (exact) mass is 796 g/mol. The Morgan fingerprint density at radius 3 is 2.22 bits per heavy atom. The molecule has 241 valence electrons. The number of aromatic nitrogens is 2. The molecule has 0 unspecified atom stereocenters. The van der Waals surface area contributed by atoms with Crippen molar-refractivity contribution in [1.29, 1.82) is 0 Å². The van der Waals surface area contributed by atoms with Gasteiger partial charge in [-0.05, 0) is 54.8 Å². The molecule has 2 aromatic heterocycles. The maximum Gasteiger partial charge on any atom is 0.164 e. The van der Waals surface area contributed by atoms with E-state index in [1.165, 1.54) is 6.08 Å². The van der Waals surface area contributed by atoms with Crippen molar-refractivity contribution in [1.82, 2.24) is 9.97 Å². The van der Waals surface area contributed by atoms with Crippen LogP contribution in [0.15, 0.2) is 64.8 Å². The molecular formula is C39H40FIrN2O3-.